The molecular formula is C13H20N2O2S. The average Bonchev–Trinajstić information content (AvgIpc) is 2.92. The summed E-state index contributed by atoms with van der Waals surface area (Å²) in [5.41, 5.74) is 1.26. The van der Waals surface area contributed by atoms with E-state index in [2.05, 4.69) is 38.7 Å². The van der Waals surface area contributed by atoms with Gasteiger partial charge in [-0.05, 0) is 23.8 Å². The summed E-state index contributed by atoms with van der Waals surface area (Å²) in [6.07, 6.45) is 1.84. The van der Waals surface area contributed by atoms with Crippen molar-refractivity contribution in [3.05, 3.63) is 16.8 Å². The molecule has 4 nitrogen and oxygen atoms in total. The Balaban J connectivity index is 2.02. The molecule has 2 heterocycles. The Bertz CT molecular complexity index is 380. The third-order valence-corrected chi connectivity index (χ3v) is 4.16. The summed E-state index contributed by atoms with van der Waals surface area (Å²) in [5, 5.41) is 7.18. The highest BCUT2D eigenvalue weighted by molar-refractivity contribution is 7.08. The van der Waals surface area contributed by atoms with Gasteiger partial charge in [-0.15, -0.1) is 0 Å². The molecule has 1 aromatic rings. The second-order valence-corrected chi connectivity index (χ2v) is 5.51. The van der Waals surface area contributed by atoms with E-state index in [1.165, 1.54) is 12.8 Å². The second kappa shape index (κ2) is 6.09. The van der Waals surface area contributed by atoms with E-state index >= 15 is 0 Å². The van der Waals surface area contributed by atoms with Crippen LogP contribution in [0, 0.1) is 5.92 Å². The van der Waals surface area contributed by atoms with Crippen LogP contribution in [0.4, 0.5) is 10.5 Å². The van der Waals surface area contributed by atoms with Crippen LogP contribution in [0.3, 0.4) is 0 Å². The standard InChI is InChI=1S/C13H20N2O2S/c1-3-10-6-11(14-13(16)17-2)8-15(7-10)12-4-5-18-9-12/h4-5,9-11H,3,6-8H2,1-2H3,(H,14,16). The molecule has 0 saturated carbocycles. The number of amides is 1. The van der Waals surface area contributed by atoms with Crippen LogP contribution in [-0.4, -0.2) is 32.3 Å². The van der Waals surface area contributed by atoms with Gasteiger partial charge in [0, 0.05) is 24.2 Å². The van der Waals surface area contributed by atoms with Gasteiger partial charge >= 0.3 is 6.09 Å². The first-order valence-corrected chi connectivity index (χ1v) is 7.28. The van der Waals surface area contributed by atoms with Crippen LogP contribution in [0.5, 0.6) is 0 Å². The molecule has 18 heavy (non-hydrogen) atoms. The van der Waals surface area contributed by atoms with Crippen molar-refractivity contribution in [1.82, 2.24) is 5.32 Å². The highest BCUT2D eigenvalue weighted by Crippen LogP contribution is 2.26. The molecule has 1 aromatic heterocycles. The van der Waals surface area contributed by atoms with E-state index in [9.17, 15) is 4.79 Å². The number of nitrogens with zero attached hydrogens (tertiary/aromatic N) is 1. The lowest BCUT2D eigenvalue weighted by Gasteiger charge is -2.38. The predicted octanol–water partition coefficient (Wildman–Crippen LogP) is 2.71. The monoisotopic (exact) mass is 268 g/mol. The number of rotatable bonds is 3. The van der Waals surface area contributed by atoms with E-state index < -0.39 is 0 Å². The number of carbonyl (C=O) groups is 1. The molecule has 0 bridgehead atoms. The van der Waals surface area contributed by atoms with Gasteiger partial charge in [0.15, 0.2) is 0 Å². The SMILES string of the molecule is CCC1CC(NC(=O)OC)CN(c2ccsc2)C1. The van der Waals surface area contributed by atoms with E-state index in [1.807, 2.05) is 0 Å². The summed E-state index contributed by atoms with van der Waals surface area (Å²) >= 11 is 1.71. The molecule has 1 saturated heterocycles. The van der Waals surface area contributed by atoms with Gasteiger partial charge in [0.25, 0.3) is 0 Å². The van der Waals surface area contributed by atoms with Crippen LogP contribution >= 0.6 is 11.3 Å². The Morgan fingerprint density at radius 2 is 2.44 bits per heavy atom. The Labute approximate surface area is 112 Å². The van der Waals surface area contributed by atoms with Crippen molar-refractivity contribution in [1.29, 1.82) is 0 Å². The van der Waals surface area contributed by atoms with Gasteiger partial charge < -0.3 is 15.0 Å². The van der Waals surface area contributed by atoms with Gasteiger partial charge in [-0.1, -0.05) is 13.3 Å². The normalized spacial score (nSPS) is 23.8. The van der Waals surface area contributed by atoms with E-state index in [-0.39, 0.29) is 12.1 Å². The van der Waals surface area contributed by atoms with E-state index in [0.717, 1.165) is 25.9 Å². The minimum Gasteiger partial charge on any atom is -0.453 e. The molecule has 1 fully saturated rings. The van der Waals surface area contributed by atoms with Crippen molar-refractivity contribution in [2.45, 2.75) is 25.8 Å². The Morgan fingerprint density at radius 3 is 3.06 bits per heavy atom. The average molecular weight is 268 g/mol. The lowest BCUT2D eigenvalue weighted by molar-refractivity contribution is 0.162. The lowest BCUT2D eigenvalue weighted by Crippen LogP contribution is -2.50. The number of hydrogen-bond donors (Lipinski definition) is 1. The number of piperidine rings is 1. The molecule has 1 amide bonds. The minimum atomic E-state index is -0.331. The van der Waals surface area contributed by atoms with Crippen LogP contribution in [0.15, 0.2) is 16.8 Å². The Morgan fingerprint density at radius 1 is 1.61 bits per heavy atom. The number of nitrogens with one attached hydrogen (secondary N) is 1. The van der Waals surface area contributed by atoms with E-state index in [4.69, 9.17) is 0 Å². The second-order valence-electron chi connectivity index (χ2n) is 4.73. The zero-order valence-corrected chi connectivity index (χ0v) is 11.7. The van der Waals surface area contributed by atoms with Gasteiger partial charge in [-0.2, -0.15) is 11.3 Å². The quantitative estimate of drug-likeness (QED) is 0.916. The van der Waals surface area contributed by atoms with Crippen molar-refractivity contribution in [3.63, 3.8) is 0 Å². The van der Waals surface area contributed by atoms with Crippen LogP contribution in [0.1, 0.15) is 19.8 Å². The molecule has 1 aliphatic heterocycles. The molecule has 0 spiro atoms. The number of methoxy groups -OCH3 is 1. The summed E-state index contributed by atoms with van der Waals surface area (Å²) in [5.74, 6) is 0.626. The fourth-order valence-electron chi connectivity index (χ4n) is 2.48. The maximum Gasteiger partial charge on any atom is 0.407 e. The number of carbonyl (C=O) groups excluding carboxylic acids is 1. The first-order valence-electron chi connectivity index (χ1n) is 6.34. The number of anilines is 1. The zero-order valence-electron chi connectivity index (χ0n) is 10.9. The number of ether oxygens (including phenoxy) is 1. The predicted molar refractivity (Wildman–Crippen MR) is 74.3 cm³/mol. The zero-order chi connectivity index (χ0) is 13.0. The molecule has 2 rings (SSSR count). The van der Waals surface area contributed by atoms with Gasteiger partial charge in [-0.3, -0.25) is 0 Å². The third-order valence-electron chi connectivity index (χ3n) is 3.49. The van der Waals surface area contributed by atoms with Crippen molar-refractivity contribution in [3.8, 4) is 0 Å². The van der Waals surface area contributed by atoms with Crippen LogP contribution in [-0.2, 0) is 4.74 Å². The summed E-state index contributed by atoms with van der Waals surface area (Å²) in [6, 6.07) is 2.31. The summed E-state index contributed by atoms with van der Waals surface area (Å²) in [7, 11) is 1.41. The van der Waals surface area contributed by atoms with Crippen molar-refractivity contribution >= 4 is 23.1 Å². The van der Waals surface area contributed by atoms with Crippen LogP contribution < -0.4 is 10.2 Å². The highest BCUT2D eigenvalue weighted by atomic mass is 32.1. The maximum absolute atomic E-state index is 11.3. The fraction of sp³-hybridized carbons (Fsp3) is 0.615. The molecule has 100 valence electrons. The topological polar surface area (TPSA) is 41.6 Å². The van der Waals surface area contributed by atoms with Gasteiger partial charge in [0.1, 0.15) is 0 Å². The molecule has 0 radical (unpaired) electrons. The first kappa shape index (κ1) is 13.2. The summed E-state index contributed by atoms with van der Waals surface area (Å²) in [6.45, 7) is 4.14. The molecule has 0 aliphatic carbocycles. The first-order chi connectivity index (χ1) is 8.72. The summed E-state index contributed by atoms with van der Waals surface area (Å²) in [4.78, 5) is 13.7. The molecule has 2 atom stereocenters. The maximum atomic E-state index is 11.3. The van der Waals surface area contributed by atoms with Gasteiger partial charge in [-0.25, -0.2) is 4.79 Å². The molecular weight excluding hydrogens is 248 g/mol. The number of hydrogen-bond acceptors (Lipinski definition) is 4. The lowest BCUT2D eigenvalue weighted by atomic mass is 9.92. The van der Waals surface area contributed by atoms with Gasteiger partial charge in [0.05, 0.1) is 13.2 Å². The van der Waals surface area contributed by atoms with Crippen molar-refractivity contribution < 1.29 is 9.53 Å². The summed E-state index contributed by atoms with van der Waals surface area (Å²) < 4.78 is 4.68. The third kappa shape index (κ3) is 3.16. The fourth-order valence-corrected chi connectivity index (χ4v) is 3.14. The molecule has 0 aromatic carbocycles. The van der Waals surface area contributed by atoms with E-state index in [1.54, 1.807) is 11.3 Å². The van der Waals surface area contributed by atoms with Crippen molar-refractivity contribution in [2.75, 3.05) is 25.1 Å². The number of alkyl carbamates (subject to hydrolysis) is 1. The number of thiophene rings is 1. The molecule has 1 N–H and O–H groups in total. The smallest absolute Gasteiger partial charge is 0.407 e. The van der Waals surface area contributed by atoms with Crippen LogP contribution in [0.25, 0.3) is 0 Å². The Hall–Kier alpha value is -1.23. The Kier molecular flexibility index (Phi) is 4.47. The van der Waals surface area contributed by atoms with Gasteiger partial charge in [0.2, 0.25) is 0 Å². The van der Waals surface area contributed by atoms with Crippen molar-refractivity contribution in [2.24, 2.45) is 5.92 Å². The molecule has 2 unspecified atom stereocenters. The largest absolute Gasteiger partial charge is 0.453 e. The molecule has 5 heteroatoms. The van der Waals surface area contributed by atoms with E-state index in [0.29, 0.717) is 5.92 Å². The molecule has 1 aliphatic rings. The minimum absolute atomic E-state index is 0.177. The highest BCUT2D eigenvalue weighted by Gasteiger charge is 2.27. The van der Waals surface area contributed by atoms with Crippen LogP contribution in [0.2, 0.25) is 0 Å².